The predicted octanol–water partition coefficient (Wildman–Crippen LogP) is 2.16. The SMILES string of the molecule is CCCC(N)C(=O)NCC1(N(C)C)CCCC(C)C1.Cl. The van der Waals surface area contributed by atoms with Gasteiger partial charge >= 0.3 is 0 Å². The van der Waals surface area contributed by atoms with Gasteiger partial charge in [0.15, 0.2) is 0 Å². The van der Waals surface area contributed by atoms with Gasteiger partial charge in [0.2, 0.25) is 5.91 Å². The molecular formula is C15H32ClN3O. The van der Waals surface area contributed by atoms with Gasteiger partial charge in [-0.1, -0.05) is 33.1 Å². The molecule has 120 valence electrons. The molecule has 0 saturated heterocycles. The van der Waals surface area contributed by atoms with E-state index in [2.05, 4.69) is 38.2 Å². The first-order chi connectivity index (χ1) is 8.91. The minimum absolute atomic E-state index is 0. The van der Waals surface area contributed by atoms with Crippen LogP contribution in [0.15, 0.2) is 0 Å². The van der Waals surface area contributed by atoms with Crippen molar-refractivity contribution in [3.05, 3.63) is 0 Å². The van der Waals surface area contributed by atoms with E-state index in [4.69, 9.17) is 5.73 Å². The zero-order chi connectivity index (χ0) is 14.5. The molecule has 20 heavy (non-hydrogen) atoms. The van der Waals surface area contributed by atoms with E-state index in [1.165, 1.54) is 12.8 Å². The molecule has 1 rings (SSSR count). The lowest BCUT2D eigenvalue weighted by Crippen LogP contribution is -2.56. The van der Waals surface area contributed by atoms with Gasteiger partial charge in [-0.15, -0.1) is 12.4 Å². The highest BCUT2D eigenvalue weighted by Crippen LogP contribution is 2.35. The summed E-state index contributed by atoms with van der Waals surface area (Å²) in [7, 11) is 4.24. The molecule has 1 fully saturated rings. The second-order valence-corrected chi connectivity index (χ2v) is 6.43. The third-order valence-corrected chi connectivity index (χ3v) is 4.54. The Morgan fingerprint density at radius 3 is 2.65 bits per heavy atom. The number of halogens is 1. The van der Waals surface area contributed by atoms with Gasteiger partial charge in [0.25, 0.3) is 0 Å². The van der Waals surface area contributed by atoms with E-state index < -0.39 is 0 Å². The van der Waals surface area contributed by atoms with Gasteiger partial charge in [-0.05, 0) is 39.3 Å². The first-order valence-electron chi connectivity index (χ1n) is 7.62. The van der Waals surface area contributed by atoms with Crippen molar-refractivity contribution in [1.29, 1.82) is 0 Å². The largest absolute Gasteiger partial charge is 0.353 e. The van der Waals surface area contributed by atoms with Crippen LogP contribution < -0.4 is 11.1 Å². The summed E-state index contributed by atoms with van der Waals surface area (Å²) in [6, 6.07) is -0.356. The van der Waals surface area contributed by atoms with Crippen LogP contribution in [0.25, 0.3) is 0 Å². The van der Waals surface area contributed by atoms with E-state index in [1.807, 2.05) is 0 Å². The first kappa shape index (κ1) is 19.7. The Kier molecular flexibility index (Phi) is 8.71. The summed E-state index contributed by atoms with van der Waals surface area (Å²) in [5, 5.41) is 3.07. The third-order valence-electron chi connectivity index (χ3n) is 4.54. The van der Waals surface area contributed by atoms with E-state index in [1.54, 1.807) is 0 Å². The molecule has 0 aliphatic heterocycles. The molecule has 0 bridgehead atoms. The Labute approximate surface area is 130 Å². The number of nitrogens with one attached hydrogen (secondary N) is 1. The summed E-state index contributed by atoms with van der Waals surface area (Å²) in [5.74, 6) is 0.735. The van der Waals surface area contributed by atoms with Gasteiger partial charge in [-0.2, -0.15) is 0 Å². The molecule has 0 aromatic rings. The van der Waals surface area contributed by atoms with Crippen molar-refractivity contribution in [2.75, 3.05) is 20.6 Å². The van der Waals surface area contributed by atoms with Crippen molar-refractivity contribution >= 4 is 18.3 Å². The molecule has 3 atom stereocenters. The maximum atomic E-state index is 12.0. The number of likely N-dealkylation sites (N-methyl/N-ethyl adjacent to an activating group) is 1. The molecule has 0 aromatic carbocycles. The van der Waals surface area contributed by atoms with Crippen LogP contribution in [0, 0.1) is 5.92 Å². The quantitative estimate of drug-likeness (QED) is 0.790. The zero-order valence-electron chi connectivity index (χ0n) is 13.4. The summed E-state index contributed by atoms with van der Waals surface area (Å²) in [6.45, 7) is 5.08. The number of rotatable bonds is 6. The van der Waals surface area contributed by atoms with Crippen LogP contribution in [-0.2, 0) is 4.79 Å². The Balaban J connectivity index is 0.00000361. The maximum absolute atomic E-state index is 12.0. The number of hydrogen-bond donors (Lipinski definition) is 2. The predicted molar refractivity (Wildman–Crippen MR) is 87.2 cm³/mol. The summed E-state index contributed by atoms with van der Waals surface area (Å²) >= 11 is 0. The van der Waals surface area contributed by atoms with E-state index in [-0.39, 0.29) is 29.9 Å². The van der Waals surface area contributed by atoms with Crippen LogP contribution >= 0.6 is 12.4 Å². The minimum Gasteiger partial charge on any atom is -0.353 e. The standard InChI is InChI=1S/C15H31N3O.ClH/c1-5-7-13(16)14(19)17-11-15(18(3)4)9-6-8-12(2)10-15;/h12-13H,5-11,16H2,1-4H3,(H,17,19);1H. The van der Waals surface area contributed by atoms with Crippen molar-refractivity contribution in [3.8, 4) is 0 Å². The Hall–Kier alpha value is -0.320. The highest BCUT2D eigenvalue weighted by molar-refractivity contribution is 5.85. The van der Waals surface area contributed by atoms with Crippen molar-refractivity contribution in [2.45, 2.75) is 64.0 Å². The lowest BCUT2D eigenvalue weighted by Gasteiger charge is -2.45. The summed E-state index contributed by atoms with van der Waals surface area (Å²) < 4.78 is 0. The second kappa shape index (κ2) is 8.85. The lowest BCUT2D eigenvalue weighted by atomic mass is 9.75. The normalized spacial score (nSPS) is 27.8. The van der Waals surface area contributed by atoms with E-state index in [0.29, 0.717) is 0 Å². The molecule has 0 spiro atoms. The smallest absolute Gasteiger partial charge is 0.236 e. The van der Waals surface area contributed by atoms with Crippen molar-refractivity contribution in [3.63, 3.8) is 0 Å². The molecule has 1 aliphatic rings. The monoisotopic (exact) mass is 305 g/mol. The molecular weight excluding hydrogens is 274 g/mol. The molecule has 1 amide bonds. The molecule has 1 aliphatic carbocycles. The number of carbonyl (C=O) groups excluding carboxylic acids is 1. The summed E-state index contributed by atoms with van der Waals surface area (Å²) in [6.07, 6.45) is 6.58. The molecule has 3 N–H and O–H groups in total. The molecule has 0 heterocycles. The van der Waals surface area contributed by atoms with Gasteiger partial charge in [0.1, 0.15) is 0 Å². The fourth-order valence-corrected chi connectivity index (χ4v) is 3.18. The first-order valence-corrected chi connectivity index (χ1v) is 7.62. The van der Waals surface area contributed by atoms with Gasteiger partial charge in [-0.25, -0.2) is 0 Å². The fraction of sp³-hybridized carbons (Fsp3) is 0.933. The van der Waals surface area contributed by atoms with Crippen LogP contribution in [0.1, 0.15) is 52.4 Å². The van der Waals surface area contributed by atoms with Crippen molar-refractivity contribution < 1.29 is 4.79 Å². The second-order valence-electron chi connectivity index (χ2n) is 6.43. The van der Waals surface area contributed by atoms with Crippen LogP contribution in [0.2, 0.25) is 0 Å². The maximum Gasteiger partial charge on any atom is 0.236 e. The average molecular weight is 306 g/mol. The Morgan fingerprint density at radius 1 is 1.50 bits per heavy atom. The number of amides is 1. The number of carbonyl (C=O) groups is 1. The van der Waals surface area contributed by atoms with E-state index >= 15 is 0 Å². The van der Waals surface area contributed by atoms with Gasteiger partial charge < -0.3 is 16.0 Å². The number of nitrogens with two attached hydrogens (primary N) is 1. The molecule has 0 aromatic heterocycles. The third kappa shape index (κ3) is 5.23. The van der Waals surface area contributed by atoms with E-state index in [9.17, 15) is 4.79 Å². The summed E-state index contributed by atoms with van der Waals surface area (Å²) in [5.41, 5.74) is 5.97. The van der Waals surface area contributed by atoms with Crippen molar-refractivity contribution in [2.24, 2.45) is 11.7 Å². The molecule has 1 saturated carbocycles. The fourth-order valence-electron chi connectivity index (χ4n) is 3.18. The van der Waals surface area contributed by atoms with Crippen LogP contribution in [-0.4, -0.2) is 43.0 Å². The topological polar surface area (TPSA) is 58.4 Å². The zero-order valence-corrected chi connectivity index (χ0v) is 14.3. The van der Waals surface area contributed by atoms with E-state index in [0.717, 1.165) is 38.1 Å². The lowest BCUT2D eigenvalue weighted by molar-refractivity contribution is -0.123. The minimum atomic E-state index is -0.356. The van der Waals surface area contributed by atoms with Gasteiger partial charge in [0.05, 0.1) is 6.04 Å². The highest BCUT2D eigenvalue weighted by atomic mass is 35.5. The van der Waals surface area contributed by atoms with Crippen molar-refractivity contribution in [1.82, 2.24) is 10.2 Å². The molecule has 0 radical (unpaired) electrons. The molecule has 4 nitrogen and oxygen atoms in total. The Bertz CT molecular complexity index is 299. The number of nitrogens with zero attached hydrogens (tertiary/aromatic N) is 1. The highest BCUT2D eigenvalue weighted by Gasteiger charge is 2.37. The van der Waals surface area contributed by atoms with Crippen LogP contribution in [0.5, 0.6) is 0 Å². The molecule has 5 heteroatoms. The Morgan fingerprint density at radius 2 is 2.15 bits per heavy atom. The summed E-state index contributed by atoms with van der Waals surface area (Å²) in [4.78, 5) is 14.3. The van der Waals surface area contributed by atoms with Crippen LogP contribution in [0.4, 0.5) is 0 Å². The van der Waals surface area contributed by atoms with Crippen LogP contribution in [0.3, 0.4) is 0 Å². The molecule has 3 unspecified atom stereocenters. The van der Waals surface area contributed by atoms with Gasteiger partial charge in [0, 0.05) is 12.1 Å². The number of hydrogen-bond acceptors (Lipinski definition) is 3. The average Bonchev–Trinajstić information content (AvgIpc) is 2.36. The van der Waals surface area contributed by atoms with Gasteiger partial charge in [-0.3, -0.25) is 4.79 Å².